The number of hydrogen-bond donors (Lipinski definition) is 1. The topological polar surface area (TPSA) is 44.5 Å². The summed E-state index contributed by atoms with van der Waals surface area (Å²) in [5.74, 6) is 1.67. The van der Waals surface area contributed by atoms with E-state index in [2.05, 4.69) is 0 Å². The highest BCUT2D eigenvalue weighted by atomic mass is 16.5. The van der Waals surface area contributed by atoms with Crippen molar-refractivity contribution < 1.29 is 9.47 Å². The summed E-state index contributed by atoms with van der Waals surface area (Å²) >= 11 is 0. The average Bonchev–Trinajstić information content (AvgIpc) is 2.37. The lowest BCUT2D eigenvalue weighted by Gasteiger charge is -2.08. The second-order valence-corrected chi connectivity index (χ2v) is 4.08. The molecule has 2 aromatic rings. The van der Waals surface area contributed by atoms with Crippen LogP contribution in [0.1, 0.15) is 5.56 Å². The lowest BCUT2D eigenvalue weighted by Crippen LogP contribution is -2.09. The second-order valence-electron chi connectivity index (χ2n) is 4.08. The number of aryl methyl sites for hydroxylation is 1. The van der Waals surface area contributed by atoms with Gasteiger partial charge in [0, 0.05) is 5.69 Å². The van der Waals surface area contributed by atoms with Gasteiger partial charge in [-0.25, -0.2) is 0 Å². The lowest BCUT2D eigenvalue weighted by molar-refractivity contribution is 0.217. The molecule has 94 valence electrons. The molecular weight excluding hydrogens is 226 g/mol. The molecule has 0 fully saturated rings. The molecule has 0 aromatic heterocycles. The van der Waals surface area contributed by atoms with Crippen molar-refractivity contribution in [1.29, 1.82) is 0 Å². The Labute approximate surface area is 107 Å². The van der Waals surface area contributed by atoms with Crippen LogP contribution in [0.15, 0.2) is 48.5 Å². The van der Waals surface area contributed by atoms with Crippen molar-refractivity contribution in [3.63, 3.8) is 0 Å². The molecule has 0 saturated heterocycles. The fraction of sp³-hybridized carbons (Fsp3) is 0.200. The summed E-state index contributed by atoms with van der Waals surface area (Å²) in [6.45, 7) is 3.07. The minimum absolute atomic E-state index is 0.512. The summed E-state index contributed by atoms with van der Waals surface area (Å²) in [5.41, 5.74) is 7.51. The molecule has 0 unspecified atom stereocenters. The number of anilines is 1. The average molecular weight is 243 g/mol. The Morgan fingerprint density at radius 2 is 1.56 bits per heavy atom. The highest BCUT2D eigenvalue weighted by molar-refractivity contribution is 5.41. The number of rotatable bonds is 5. The number of nitrogens with two attached hydrogens (primary N) is 1. The van der Waals surface area contributed by atoms with Gasteiger partial charge >= 0.3 is 0 Å². The number of ether oxygens (including phenoxy) is 2. The van der Waals surface area contributed by atoms with Crippen molar-refractivity contribution in [1.82, 2.24) is 0 Å². The minimum atomic E-state index is 0.512. The van der Waals surface area contributed by atoms with Crippen molar-refractivity contribution in [3.05, 3.63) is 54.1 Å². The summed E-state index contributed by atoms with van der Waals surface area (Å²) in [5, 5.41) is 0. The van der Waals surface area contributed by atoms with E-state index < -0.39 is 0 Å². The Kier molecular flexibility index (Phi) is 4.07. The Morgan fingerprint density at radius 1 is 0.889 bits per heavy atom. The number of hydrogen-bond acceptors (Lipinski definition) is 3. The second kappa shape index (κ2) is 5.96. The Morgan fingerprint density at radius 3 is 2.22 bits per heavy atom. The van der Waals surface area contributed by atoms with Crippen LogP contribution in [0.2, 0.25) is 0 Å². The Bertz CT molecular complexity index is 494. The van der Waals surface area contributed by atoms with Gasteiger partial charge in [-0.2, -0.15) is 0 Å². The molecule has 3 heteroatoms. The van der Waals surface area contributed by atoms with Crippen LogP contribution < -0.4 is 15.2 Å². The number of nitrogen functional groups attached to an aromatic ring is 1. The summed E-state index contributed by atoms with van der Waals surface area (Å²) in [6, 6.07) is 15.3. The first-order valence-corrected chi connectivity index (χ1v) is 5.92. The minimum Gasteiger partial charge on any atom is -0.490 e. The molecule has 2 N–H and O–H groups in total. The fourth-order valence-electron chi connectivity index (χ4n) is 1.59. The highest BCUT2D eigenvalue weighted by Gasteiger charge is 1.96. The number of benzene rings is 2. The maximum Gasteiger partial charge on any atom is 0.122 e. The summed E-state index contributed by atoms with van der Waals surface area (Å²) < 4.78 is 11.1. The van der Waals surface area contributed by atoms with Crippen molar-refractivity contribution in [3.8, 4) is 11.5 Å². The highest BCUT2D eigenvalue weighted by Crippen LogP contribution is 2.14. The zero-order chi connectivity index (χ0) is 12.8. The molecule has 3 nitrogen and oxygen atoms in total. The van der Waals surface area contributed by atoms with Gasteiger partial charge in [0.15, 0.2) is 0 Å². The molecule has 2 aromatic carbocycles. The first kappa shape index (κ1) is 12.3. The zero-order valence-corrected chi connectivity index (χ0v) is 10.4. The third kappa shape index (κ3) is 3.70. The molecule has 0 aliphatic carbocycles. The van der Waals surface area contributed by atoms with Gasteiger partial charge in [0.2, 0.25) is 0 Å². The zero-order valence-electron chi connectivity index (χ0n) is 10.4. The van der Waals surface area contributed by atoms with Gasteiger partial charge in [-0.15, -0.1) is 0 Å². The monoisotopic (exact) mass is 243 g/mol. The molecule has 2 rings (SSSR count). The van der Waals surface area contributed by atoms with E-state index in [4.69, 9.17) is 15.2 Å². The predicted molar refractivity (Wildman–Crippen MR) is 73.0 cm³/mol. The van der Waals surface area contributed by atoms with Gasteiger partial charge in [-0.3, -0.25) is 0 Å². The van der Waals surface area contributed by atoms with Gasteiger partial charge in [0.25, 0.3) is 0 Å². The van der Waals surface area contributed by atoms with Crippen LogP contribution in [-0.4, -0.2) is 13.2 Å². The molecule has 0 aliphatic heterocycles. The van der Waals surface area contributed by atoms with Crippen LogP contribution in [0.3, 0.4) is 0 Å². The normalized spacial score (nSPS) is 10.1. The van der Waals surface area contributed by atoms with E-state index >= 15 is 0 Å². The van der Waals surface area contributed by atoms with Gasteiger partial charge in [-0.1, -0.05) is 12.1 Å². The Hall–Kier alpha value is -2.16. The third-order valence-electron chi connectivity index (χ3n) is 2.49. The van der Waals surface area contributed by atoms with E-state index in [9.17, 15) is 0 Å². The van der Waals surface area contributed by atoms with Gasteiger partial charge < -0.3 is 15.2 Å². The van der Waals surface area contributed by atoms with Crippen LogP contribution >= 0.6 is 0 Å². The molecule has 0 saturated carbocycles. The van der Waals surface area contributed by atoms with E-state index in [1.807, 2.05) is 55.5 Å². The van der Waals surface area contributed by atoms with Crippen molar-refractivity contribution in [2.45, 2.75) is 6.92 Å². The fourth-order valence-corrected chi connectivity index (χ4v) is 1.59. The molecule has 0 heterocycles. The van der Waals surface area contributed by atoms with Gasteiger partial charge in [0.05, 0.1) is 0 Å². The van der Waals surface area contributed by atoms with Crippen LogP contribution in [-0.2, 0) is 0 Å². The predicted octanol–water partition coefficient (Wildman–Crippen LogP) is 3.04. The van der Waals surface area contributed by atoms with Crippen LogP contribution in [0.5, 0.6) is 11.5 Å². The maximum absolute atomic E-state index is 5.59. The first-order valence-electron chi connectivity index (χ1n) is 5.92. The van der Waals surface area contributed by atoms with Crippen molar-refractivity contribution >= 4 is 5.69 Å². The van der Waals surface area contributed by atoms with E-state index in [1.54, 1.807) is 0 Å². The third-order valence-corrected chi connectivity index (χ3v) is 2.49. The quantitative estimate of drug-likeness (QED) is 0.648. The largest absolute Gasteiger partial charge is 0.490 e. The lowest BCUT2D eigenvalue weighted by atomic mass is 10.2. The van der Waals surface area contributed by atoms with Crippen LogP contribution in [0.4, 0.5) is 5.69 Å². The molecule has 0 spiro atoms. The SMILES string of the molecule is Cc1cccc(OCCOc2ccc(N)cc2)c1. The van der Waals surface area contributed by atoms with Crippen LogP contribution in [0.25, 0.3) is 0 Å². The first-order chi connectivity index (χ1) is 8.74. The molecule has 0 radical (unpaired) electrons. The van der Waals surface area contributed by atoms with E-state index in [0.717, 1.165) is 17.2 Å². The molecule has 18 heavy (non-hydrogen) atoms. The van der Waals surface area contributed by atoms with Crippen molar-refractivity contribution in [2.24, 2.45) is 0 Å². The van der Waals surface area contributed by atoms with Crippen LogP contribution in [0, 0.1) is 6.92 Å². The molecule has 0 aliphatic rings. The maximum atomic E-state index is 5.59. The molecular formula is C15H17NO2. The standard InChI is InChI=1S/C15H17NO2/c1-12-3-2-4-15(11-12)18-10-9-17-14-7-5-13(16)6-8-14/h2-8,11H,9-10,16H2,1H3. The van der Waals surface area contributed by atoms with E-state index in [0.29, 0.717) is 13.2 Å². The summed E-state index contributed by atoms with van der Waals surface area (Å²) in [7, 11) is 0. The van der Waals surface area contributed by atoms with E-state index in [1.165, 1.54) is 5.56 Å². The van der Waals surface area contributed by atoms with Crippen molar-refractivity contribution in [2.75, 3.05) is 18.9 Å². The smallest absolute Gasteiger partial charge is 0.122 e. The van der Waals surface area contributed by atoms with E-state index in [-0.39, 0.29) is 0 Å². The summed E-state index contributed by atoms with van der Waals surface area (Å²) in [6.07, 6.45) is 0. The molecule has 0 atom stereocenters. The van der Waals surface area contributed by atoms with Gasteiger partial charge in [0.1, 0.15) is 24.7 Å². The van der Waals surface area contributed by atoms with Gasteiger partial charge in [-0.05, 0) is 48.9 Å². The summed E-state index contributed by atoms with van der Waals surface area (Å²) in [4.78, 5) is 0. The Balaban J connectivity index is 1.74. The molecule has 0 bridgehead atoms. The molecule has 0 amide bonds.